The highest BCUT2D eigenvalue weighted by atomic mass is 35.5. The van der Waals surface area contributed by atoms with E-state index >= 15 is 0 Å². The minimum Gasteiger partial charge on any atom is -0.477 e. The number of aromatic carboxylic acids is 1. The molecule has 0 bridgehead atoms. The fourth-order valence-electron chi connectivity index (χ4n) is 1.41. The van der Waals surface area contributed by atoms with Gasteiger partial charge in [-0.2, -0.15) is 5.10 Å². The quantitative estimate of drug-likeness (QED) is 0.839. The monoisotopic (exact) mass is 268 g/mol. The highest BCUT2D eigenvalue weighted by molar-refractivity contribution is 7.98. The van der Waals surface area contributed by atoms with Crippen molar-refractivity contribution >= 4 is 29.3 Å². The SMILES string of the molecule is CSc1cc(Cl)cc(-c2cc(C(=O)O)[nH]n2)c1. The molecule has 1 aromatic heterocycles. The van der Waals surface area contributed by atoms with Gasteiger partial charge in [-0.15, -0.1) is 11.8 Å². The minimum atomic E-state index is -1.03. The molecule has 0 aliphatic heterocycles. The molecule has 6 heteroatoms. The van der Waals surface area contributed by atoms with Crippen LogP contribution in [0.15, 0.2) is 29.2 Å². The summed E-state index contributed by atoms with van der Waals surface area (Å²) in [6.07, 6.45) is 1.95. The van der Waals surface area contributed by atoms with E-state index in [-0.39, 0.29) is 5.69 Å². The summed E-state index contributed by atoms with van der Waals surface area (Å²) in [4.78, 5) is 11.7. The van der Waals surface area contributed by atoms with Crippen molar-refractivity contribution in [2.24, 2.45) is 0 Å². The lowest BCUT2D eigenvalue weighted by Crippen LogP contribution is -1.95. The van der Waals surface area contributed by atoms with E-state index in [0.29, 0.717) is 10.7 Å². The predicted octanol–water partition coefficient (Wildman–Crippen LogP) is 3.15. The number of rotatable bonds is 3. The van der Waals surface area contributed by atoms with Crippen LogP contribution < -0.4 is 0 Å². The molecule has 2 N–H and O–H groups in total. The van der Waals surface area contributed by atoms with Gasteiger partial charge in [0.1, 0.15) is 5.69 Å². The Kier molecular flexibility index (Phi) is 3.40. The van der Waals surface area contributed by atoms with Gasteiger partial charge in [0.2, 0.25) is 0 Å². The van der Waals surface area contributed by atoms with E-state index in [9.17, 15) is 4.79 Å². The van der Waals surface area contributed by atoms with Crippen molar-refractivity contribution in [3.63, 3.8) is 0 Å². The van der Waals surface area contributed by atoms with E-state index < -0.39 is 5.97 Å². The third-order valence-electron chi connectivity index (χ3n) is 2.21. The predicted molar refractivity (Wildman–Crippen MR) is 67.8 cm³/mol. The second-order valence-electron chi connectivity index (χ2n) is 3.35. The average molecular weight is 269 g/mol. The van der Waals surface area contributed by atoms with Gasteiger partial charge in [0, 0.05) is 15.5 Å². The largest absolute Gasteiger partial charge is 0.477 e. The van der Waals surface area contributed by atoms with Gasteiger partial charge in [-0.1, -0.05) is 11.6 Å². The molecule has 0 saturated heterocycles. The smallest absolute Gasteiger partial charge is 0.353 e. The standard InChI is InChI=1S/C11H9ClN2O2S/c1-17-8-3-6(2-7(12)4-8)9-5-10(11(15)16)14-13-9/h2-5H,1H3,(H,13,14)(H,15,16). The third-order valence-corrected chi connectivity index (χ3v) is 3.14. The van der Waals surface area contributed by atoms with Crippen LogP contribution in [0.3, 0.4) is 0 Å². The molecule has 0 spiro atoms. The Hall–Kier alpha value is -1.46. The summed E-state index contributed by atoms with van der Waals surface area (Å²) < 4.78 is 0. The number of hydrogen-bond donors (Lipinski definition) is 2. The molecule has 2 rings (SSSR count). The first-order valence-electron chi connectivity index (χ1n) is 4.74. The zero-order valence-corrected chi connectivity index (χ0v) is 10.5. The summed E-state index contributed by atoms with van der Waals surface area (Å²) in [6, 6.07) is 7.00. The number of nitrogens with zero attached hydrogens (tertiary/aromatic N) is 1. The maximum Gasteiger partial charge on any atom is 0.353 e. The Labute approximate surface area is 107 Å². The molecule has 2 aromatic rings. The molecule has 1 aromatic carbocycles. The highest BCUT2D eigenvalue weighted by Gasteiger charge is 2.10. The summed E-state index contributed by atoms with van der Waals surface area (Å²) in [5.74, 6) is -1.03. The molecule has 0 saturated carbocycles. The Morgan fingerprint density at radius 2 is 2.18 bits per heavy atom. The summed E-state index contributed by atoms with van der Waals surface area (Å²) in [5, 5.41) is 15.8. The van der Waals surface area contributed by atoms with Gasteiger partial charge in [-0.05, 0) is 30.5 Å². The zero-order chi connectivity index (χ0) is 12.4. The van der Waals surface area contributed by atoms with Crippen LogP contribution in [0.4, 0.5) is 0 Å². The van der Waals surface area contributed by atoms with E-state index in [0.717, 1.165) is 10.5 Å². The van der Waals surface area contributed by atoms with E-state index in [4.69, 9.17) is 16.7 Å². The van der Waals surface area contributed by atoms with Crippen molar-refractivity contribution in [2.75, 3.05) is 6.26 Å². The maximum absolute atomic E-state index is 10.7. The fourth-order valence-corrected chi connectivity index (χ4v) is 2.20. The Morgan fingerprint density at radius 3 is 2.76 bits per heavy atom. The molecular weight excluding hydrogens is 260 g/mol. The number of halogens is 1. The van der Waals surface area contributed by atoms with Crippen LogP contribution in [0.5, 0.6) is 0 Å². The summed E-state index contributed by atoms with van der Waals surface area (Å²) in [5.41, 5.74) is 1.43. The second kappa shape index (κ2) is 4.81. The van der Waals surface area contributed by atoms with Gasteiger partial charge in [-0.3, -0.25) is 5.10 Å². The molecule has 0 radical (unpaired) electrons. The summed E-state index contributed by atoms with van der Waals surface area (Å²) in [7, 11) is 0. The Balaban J connectivity index is 2.44. The number of H-pyrrole nitrogens is 1. The number of benzene rings is 1. The average Bonchev–Trinajstić information content (AvgIpc) is 2.77. The van der Waals surface area contributed by atoms with Gasteiger partial charge < -0.3 is 5.11 Å². The number of aromatic amines is 1. The maximum atomic E-state index is 10.7. The minimum absolute atomic E-state index is 0.0608. The molecule has 4 nitrogen and oxygen atoms in total. The summed E-state index contributed by atoms with van der Waals surface area (Å²) >= 11 is 7.55. The number of thioether (sulfide) groups is 1. The van der Waals surface area contributed by atoms with E-state index in [1.54, 1.807) is 17.8 Å². The van der Waals surface area contributed by atoms with Gasteiger partial charge in [0.25, 0.3) is 0 Å². The van der Waals surface area contributed by atoms with Crippen LogP contribution in [0.25, 0.3) is 11.3 Å². The van der Waals surface area contributed by atoms with Crippen molar-refractivity contribution in [1.29, 1.82) is 0 Å². The van der Waals surface area contributed by atoms with E-state index in [2.05, 4.69) is 10.2 Å². The molecule has 88 valence electrons. The van der Waals surface area contributed by atoms with Crippen molar-refractivity contribution in [3.8, 4) is 11.3 Å². The lowest BCUT2D eigenvalue weighted by Gasteiger charge is -2.01. The first kappa shape index (κ1) is 12.0. The molecule has 17 heavy (non-hydrogen) atoms. The van der Waals surface area contributed by atoms with Crippen LogP contribution in [0.2, 0.25) is 5.02 Å². The topological polar surface area (TPSA) is 66.0 Å². The molecule has 0 atom stereocenters. The van der Waals surface area contributed by atoms with E-state index in [1.165, 1.54) is 6.07 Å². The first-order valence-corrected chi connectivity index (χ1v) is 6.34. The lowest BCUT2D eigenvalue weighted by atomic mass is 10.1. The number of carboxylic acids is 1. The van der Waals surface area contributed by atoms with Crippen LogP contribution in [-0.4, -0.2) is 27.5 Å². The number of carbonyl (C=O) groups is 1. The molecule has 0 aliphatic rings. The van der Waals surface area contributed by atoms with Gasteiger partial charge in [0.15, 0.2) is 0 Å². The molecule has 0 unspecified atom stereocenters. The van der Waals surface area contributed by atoms with Crippen LogP contribution in [0, 0.1) is 0 Å². The van der Waals surface area contributed by atoms with Gasteiger partial charge in [0.05, 0.1) is 5.69 Å². The number of carboxylic acid groups (broad SMARTS) is 1. The van der Waals surface area contributed by atoms with Crippen LogP contribution in [0.1, 0.15) is 10.5 Å². The van der Waals surface area contributed by atoms with Crippen molar-refractivity contribution in [1.82, 2.24) is 10.2 Å². The Morgan fingerprint density at radius 1 is 1.41 bits per heavy atom. The first-order chi connectivity index (χ1) is 8.10. The van der Waals surface area contributed by atoms with Gasteiger partial charge >= 0.3 is 5.97 Å². The molecular formula is C11H9ClN2O2S. The molecule has 0 amide bonds. The second-order valence-corrected chi connectivity index (χ2v) is 4.67. The normalized spacial score (nSPS) is 10.5. The molecule has 1 heterocycles. The number of hydrogen-bond acceptors (Lipinski definition) is 3. The fraction of sp³-hybridized carbons (Fsp3) is 0.0909. The van der Waals surface area contributed by atoms with E-state index in [1.807, 2.05) is 18.4 Å². The number of aromatic nitrogens is 2. The van der Waals surface area contributed by atoms with Gasteiger partial charge in [-0.25, -0.2) is 4.79 Å². The van der Waals surface area contributed by atoms with Crippen LogP contribution in [-0.2, 0) is 0 Å². The van der Waals surface area contributed by atoms with Crippen molar-refractivity contribution in [3.05, 3.63) is 35.0 Å². The lowest BCUT2D eigenvalue weighted by molar-refractivity contribution is 0.0690. The van der Waals surface area contributed by atoms with Crippen molar-refractivity contribution < 1.29 is 9.90 Å². The van der Waals surface area contributed by atoms with Crippen molar-refractivity contribution in [2.45, 2.75) is 4.90 Å². The molecule has 0 aliphatic carbocycles. The Bertz CT molecular complexity index is 568. The zero-order valence-electron chi connectivity index (χ0n) is 8.90. The number of nitrogens with one attached hydrogen (secondary N) is 1. The highest BCUT2D eigenvalue weighted by Crippen LogP contribution is 2.28. The third kappa shape index (κ3) is 2.62. The van der Waals surface area contributed by atoms with Crippen LogP contribution >= 0.6 is 23.4 Å². The summed E-state index contributed by atoms with van der Waals surface area (Å²) in [6.45, 7) is 0. The molecule has 0 fully saturated rings.